The van der Waals surface area contributed by atoms with Crippen molar-refractivity contribution in [3.63, 3.8) is 0 Å². The minimum atomic E-state index is 0.252. The van der Waals surface area contributed by atoms with Crippen molar-refractivity contribution < 1.29 is 0 Å². The van der Waals surface area contributed by atoms with E-state index < -0.39 is 0 Å². The molecule has 0 aliphatic carbocycles. The number of benzene rings is 2. The van der Waals surface area contributed by atoms with Crippen LogP contribution in [0.15, 0.2) is 67.0 Å². The molecule has 1 heterocycles. The number of H-pyrrole nitrogens is 1. The number of nitrogens with one attached hydrogen (secondary N) is 1. The molecule has 1 aromatic heterocycles. The average Bonchev–Trinajstić information content (AvgIpc) is 3.19. The van der Waals surface area contributed by atoms with Crippen LogP contribution >= 0.6 is 11.6 Å². The maximum absolute atomic E-state index is 6.37. The van der Waals surface area contributed by atoms with Crippen molar-refractivity contribution in [2.24, 2.45) is 5.41 Å². The zero-order valence-electron chi connectivity index (χ0n) is 15.4. The number of aromatic amines is 1. The number of nitrogens with zero attached hydrogens (tertiary/aromatic N) is 1. The van der Waals surface area contributed by atoms with Crippen molar-refractivity contribution in [2.45, 2.75) is 45.4 Å². The van der Waals surface area contributed by atoms with Gasteiger partial charge in [0.15, 0.2) is 0 Å². The van der Waals surface area contributed by atoms with Gasteiger partial charge in [-0.15, -0.1) is 0 Å². The van der Waals surface area contributed by atoms with Gasteiger partial charge in [0, 0.05) is 23.8 Å². The number of hydrogen-bond acceptors (Lipinski definition) is 1. The van der Waals surface area contributed by atoms with E-state index >= 15 is 0 Å². The molecule has 0 fully saturated rings. The molecule has 0 amide bonds. The van der Waals surface area contributed by atoms with Crippen molar-refractivity contribution in [1.82, 2.24) is 9.97 Å². The fourth-order valence-corrected chi connectivity index (χ4v) is 3.69. The molecule has 0 bridgehead atoms. The molecule has 3 heteroatoms. The van der Waals surface area contributed by atoms with Gasteiger partial charge in [0.05, 0.1) is 0 Å². The Morgan fingerprint density at radius 3 is 2.31 bits per heavy atom. The topological polar surface area (TPSA) is 28.7 Å². The second-order valence-corrected chi connectivity index (χ2v) is 7.83. The monoisotopic (exact) mass is 366 g/mol. The first-order chi connectivity index (χ1) is 12.6. The van der Waals surface area contributed by atoms with Crippen LogP contribution in [0.25, 0.3) is 0 Å². The van der Waals surface area contributed by atoms with E-state index in [-0.39, 0.29) is 5.41 Å². The summed E-state index contributed by atoms with van der Waals surface area (Å²) < 4.78 is 0. The first-order valence-corrected chi connectivity index (χ1v) is 9.78. The lowest BCUT2D eigenvalue weighted by molar-refractivity contribution is 0.248. The van der Waals surface area contributed by atoms with Gasteiger partial charge < -0.3 is 4.98 Å². The van der Waals surface area contributed by atoms with Crippen LogP contribution in [0.5, 0.6) is 0 Å². The summed E-state index contributed by atoms with van der Waals surface area (Å²) in [6.45, 7) is 2.41. The van der Waals surface area contributed by atoms with Crippen molar-refractivity contribution in [2.75, 3.05) is 0 Å². The van der Waals surface area contributed by atoms with Crippen LogP contribution in [0.1, 0.15) is 43.1 Å². The smallest absolute Gasteiger partial charge is 0.106 e. The Kier molecular flexibility index (Phi) is 6.51. The fourth-order valence-electron chi connectivity index (χ4n) is 3.46. The van der Waals surface area contributed by atoms with E-state index in [1.807, 2.05) is 24.5 Å². The minimum Gasteiger partial charge on any atom is -0.349 e. The third-order valence-electron chi connectivity index (χ3n) is 5.34. The summed E-state index contributed by atoms with van der Waals surface area (Å²) in [4.78, 5) is 7.63. The average molecular weight is 367 g/mol. The SMILES string of the molecule is CC(CCc1ccccc1)(CCc1ncc[nH]1)CCc1ccccc1Cl. The highest BCUT2D eigenvalue weighted by Crippen LogP contribution is 2.35. The highest BCUT2D eigenvalue weighted by molar-refractivity contribution is 6.31. The summed E-state index contributed by atoms with van der Waals surface area (Å²) in [7, 11) is 0. The van der Waals surface area contributed by atoms with Crippen molar-refractivity contribution in [1.29, 1.82) is 0 Å². The number of hydrogen-bond donors (Lipinski definition) is 1. The van der Waals surface area contributed by atoms with Crippen LogP contribution in [-0.2, 0) is 19.3 Å². The van der Waals surface area contributed by atoms with Gasteiger partial charge in [-0.2, -0.15) is 0 Å². The Morgan fingerprint density at radius 2 is 1.58 bits per heavy atom. The van der Waals surface area contributed by atoms with Crippen LogP contribution in [0.4, 0.5) is 0 Å². The van der Waals surface area contributed by atoms with Gasteiger partial charge >= 0.3 is 0 Å². The third-order valence-corrected chi connectivity index (χ3v) is 5.70. The Bertz CT molecular complexity index is 783. The zero-order valence-corrected chi connectivity index (χ0v) is 16.2. The predicted octanol–water partition coefficient (Wildman–Crippen LogP) is 6.27. The normalized spacial score (nSPS) is 13.5. The van der Waals surface area contributed by atoms with E-state index in [9.17, 15) is 0 Å². The first kappa shape index (κ1) is 18.7. The molecule has 0 aliphatic heterocycles. The van der Waals surface area contributed by atoms with Gasteiger partial charge in [-0.3, -0.25) is 0 Å². The summed E-state index contributed by atoms with van der Waals surface area (Å²) in [5.74, 6) is 1.08. The van der Waals surface area contributed by atoms with E-state index in [0.717, 1.165) is 43.0 Å². The molecule has 1 N–H and O–H groups in total. The summed E-state index contributed by atoms with van der Waals surface area (Å²) in [6.07, 6.45) is 10.3. The Balaban J connectivity index is 1.66. The Morgan fingerprint density at radius 1 is 0.885 bits per heavy atom. The molecule has 2 aromatic carbocycles. The third kappa shape index (κ3) is 5.47. The molecule has 3 aromatic rings. The molecule has 1 unspecified atom stereocenters. The van der Waals surface area contributed by atoms with Crippen LogP contribution in [0.2, 0.25) is 5.02 Å². The molecule has 1 atom stereocenters. The van der Waals surface area contributed by atoms with E-state index in [0.29, 0.717) is 0 Å². The van der Waals surface area contributed by atoms with Crippen molar-refractivity contribution in [3.8, 4) is 0 Å². The summed E-state index contributed by atoms with van der Waals surface area (Å²) in [6, 6.07) is 19.0. The number of halogens is 1. The molecular weight excluding hydrogens is 340 g/mol. The van der Waals surface area contributed by atoms with Crippen LogP contribution in [0, 0.1) is 5.41 Å². The van der Waals surface area contributed by atoms with E-state index in [4.69, 9.17) is 11.6 Å². The van der Waals surface area contributed by atoms with Crippen molar-refractivity contribution in [3.05, 3.63) is 89.0 Å². The molecule has 3 rings (SSSR count). The fraction of sp³-hybridized carbons (Fsp3) is 0.348. The molecule has 0 spiro atoms. The zero-order chi connectivity index (χ0) is 18.2. The molecule has 0 radical (unpaired) electrons. The van der Waals surface area contributed by atoms with Gasteiger partial charge in [0.1, 0.15) is 5.82 Å². The second-order valence-electron chi connectivity index (χ2n) is 7.42. The van der Waals surface area contributed by atoms with Gasteiger partial charge in [-0.05, 0) is 54.7 Å². The molecule has 0 saturated carbocycles. The standard InChI is InChI=1S/C23H27ClN2/c1-23(16-13-22-25-17-18-26-22,14-11-19-7-3-2-4-8-19)15-12-20-9-5-6-10-21(20)24/h2-10,17-18H,11-16H2,1H3,(H,25,26). The second kappa shape index (κ2) is 9.05. The Hall–Kier alpha value is -2.06. The highest BCUT2D eigenvalue weighted by atomic mass is 35.5. The number of rotatable bonds is 9. The molecule has 2 nitrogen and oxygen atoms in total. The maximum atomic E-state index is 6.37. The lowest BCUT2D eigenvalue weighted by atomic mass is 9.75. The van der Waals surface area contributed by atoms with E-state index in [1.165, 1.54) is 17.5 Å². The number of aromatic nitrogens is 2. The molecule has 0 saturated heterocycles. The van der Waals surface area contributed by atoms with E-state index in [1.54, 1.807) is 0 Å². The van der Waals surface area contributed by atoms with Crippen LogP contribution < -0.4 is 0 Å². The van der Waals surface area contributed by atoms with Gasteiger partial charge in [-0.25, -0.2) is 4.98 Å². The van der Waals surface area contributed by atoms with Gasteiger partial charge in [-0.1, -0.05) is 67.1 Å². The van der Waals surface area contributed by atoms with Gasteiger partial charge in [0.25, 0.3) is 0 Å². The lowest BCUT2D eigenvalue weighted by Crippen LogP contribution is -2.20. The quantitative estimate of drug-likeness (QED) is 0.475. The number of aryl methyl sites for hydroxylation is 3. The minimum absolute atomic E-state index is 0.252. The van der Waals surface area contributed by atoms with Crippen LogP contribution in [-0.4, -0.2) is 9.97 Å². The van der Waals surface area contributed by atoms with Crippen molar-refractivity contribution >= 4 is 11.6 Å². The van der Waals surface area contributed by atoms with Gasteiger partial charge in [0.2, 0.25) is 0 Å². The molecule has 136 valence electrons. The van der Waals surface area contributed by atoms with Crippen LogP contribution in [0.3, 0.4) is 0 Å². The molecule has 26 heavy (non-hydrogen) atoms. The molecule has 0 aliphatic rings. The highest BCUT2D eigenvalue weighted by Gasteiger charge is 2.24. The Labute approximate surface area is 161 Å². The maximum Gasteiger partial charge on any atom is 0.106 e. The number of imidazole rings is 1. The first-order valence-electron chi connectivity index (χ1n) is 9.40. The summed E-state index contributed by atoms with van der Waals surface area (Å²) in [5.41, 5.74) is 2.91. The summed E-state index contributed by atoms with van der Waals surface area (Å²) in [5, 5.41) is 0.879. The largest absolute Gasteiger partial charge is 0.349 e. The molecular formula is C23H27ClN2. The summed E-state index contributed by atoms with van der Waals surface area (Å²) >= 11 is 6.37. The van der Waals surface area contributed by atoms with E-state index in [2.05, 4.69) is 59.4 Å². The predicted molar refractivity (Wildman–Crippen MR) is 110 cm³/mol. The lowest BCUT2D eigenvalue weighted by Gasteiger charge is -2.30.